The monoisotopic (exact) mass is 310 g/mol. The Morgan fingerprint density at radius 2 is 2.30 bits per heavy atom. The van der Waals surface area contributed by atoms with Crippen LogP contribution >= 0.6 is 23.4 Å². The lowest BCUT2D eigenvalue weighted by Crippen LogP contribution is -2.40. The largest absolute Gasteiger partial charge is 0.381 e. The number of ether oxygens (including phenoxy) is 1. The maximum absolute atomic E-state index is 12.3. The molecule has 0 aliphatic carbocycles. The van der Waals surface area contributed by atoms with E-state index in [9.17, 15) is 4.79 Å². The zero-order valence-electron chi connectivity index (χ0n) is 11.1. The lowest BCUT2D eigenvalue weighted by Gasteiger charge is -2.24. The molecule has 106 valence electrons. The molecule has 20 heavy (non-hydrogen) atoms. The van der Waals surface area contributed by atoms with Gasteiger partial charge in [-0.15, -0.1) is 0 Å². The maximum Gasteiger partial charge on any atom is 0.242 e. The highest BCUT2D eigenvalue weighted by Crippen LogP contribution is 2.42. The molecule has 3 rings (SSSR count). The van der Waals surface area contributed by atoms with Gasteiger partial charge >= 0.3 is 0 Å². The van der Waals surface area contributed by atoms with E-state index in [1.165, 1.54) is 11.8 Å². The van der Waals surface area contributed by atoms with Gasteiger partial charge in [0.25, 0.3) is 0 Å². The average molecular weight is 311 g/mol. The number of nitrogens with zero attached hydrogens (tertiary/aromatic N) is 1. The molecular weight excluding hydrogens is 296 g/mol. The summed E-state index contributed by atoms with van der Waals surface area (Å²) in [6.45, 7) is 3.32. The van der Waals surface area contributed by atoms with E-state index < -0.39 is 4.75 Å². The molecule has 2 aliphatic rings. The number of thioether (sulfide) groups is 1. The van der Waals surface area contributed by atoms with E-state index in [4.69, 9.17) is 16.3 Å². The number of hydrogen-bond acceptors (Lipinski definition) is 4. The van der Waals surface area contributed by atoms with E-state index in [1.807, 2.05) is 25.1 Å². The molecule has 1 aromatic rings. The summed E-state index contributed by atoms with van der Waals surface area (Å²) in [4.78, 5) is 16.7. The molecule has 0 saturated carbocycles. The van der Waals surface area contributed by atoms with Crippen LogP contribution in [-0.2, 0) is 9.53 Å². The number of nitrogens with one attached hydrogen (secondary N) is 1. The molecule has 0 spiro atoms. The number of aliphatic imine (C=N–C) groups is 1. The van der Waals surface area contributed by atoms with Gasteiger partial charge in [0.15, 0.2) is 5.17 Å². The SMILES string of the molecule is CC1(C2CCOC2)SC(=Nc2ccccc2Cl)NC1=O. The van der Waals surface area contributed by atoms with Gasteiger partial charge < -0.3 is 10.1 Å². The summed E-state index contributed by atoms with van der Waals surface area (Å²) < 4.78 is 4.90. The summed E-state index contributed by atoms with van der Waals surface area (Å²) in [5.74, 6) is 0.232. The Labute approximate surface area is 126 Å². The van der Waals surface area contributed by atoms with Gasteiger partial charge in [0.2, 0.25) is 5.91 Å². The van der Waals surface area contributed by atoms with Crippen molar-refractivity contribution in [1.82, 2.24) is 5.32 Å². The van der Waals surface area contributed by atoms with Crippen LogP contribution in [-0.4, -0.2) is 29.0 Å². The molecule has 0 bridgehead atoms. The third kappa shape index (κ3) is 2.45. The minimum Gasteiger partial charge on any atom is -0.381 e. The Morgan fingerprint density at radius 3 is 3.00 bits per heavy atom. The van der Waals surface area contributed by atoms with Crippen molar-refractivity contribution >= 4 is 40.1 Å². The van der Waals surface area contributed by atoms with E-state index in [0.29, 0.717) is 22.5 Å². The minimum absolute atomic E-state index is 0.00352. The summed E-state index contributed by atoms with van der Waals surface area (Å²) in [7, 11) is 0. The van der Waals surface area contributed by atoms with Crippen molar-refractivity contribution in [2.24, 2.45) is 10.9 Å². The van der Waals surface area contributed by atoms with Crippen LogP contribution in [0.5, 0.6) is 0 Å². The van der Waals surface area contributed by atoms with Crippen molar-refractivity contribution in [1.29, 1.82) is 0 Å². The van der Waals surface area contributed by atoms with Gasteiger partial charge in [-0.1, -0.05) is 35.5 Å². The molecule has 2 heterocycles. The second-order valence-electron chi connectivity index (χ2n) is 5.09. The third-order valence-electron chi connectivity index (χ3n) is 3.76. The van der Waals surface area contributed by atoms with Crippen LogP contribution in [0.15, 0.2) is 29.3 Å². The van der Waals surface area contributed by atoms with Crippen LogP contribution in [0, 0.1) is 5.92 Å². The molecule has 6 heteroatoms. The van der Waals surface area contributed by atoms with Crippen molar-refractivity contribution in [3.05, 3.63) is 29.3 Å². The lowest BCUT2D eigenvalue weighted by atomic mass is 9.92. The number of halogens is 1. The molecule has 4 nitrogen and oxygen atoms in total. The Hall–Kier alpha value is -1.04. The van der Waals surface area contributed by atoms with E-state index in [2.05, 4.69) is 10.3 Å². The summed E-state index contributed by atoms with van der Waals surface area (Å²) in [6.07, 6.45) is 0.913. The highest BCUT2D eigenvalue weighted by molar-refractivity contribution is 8.16. The number of carbonyl (C=O) groups excluding carboxylic acids is 1. The molecule has 0 aromatic heterocycles. The molecule has 0 radical (unpaired) electrons. The fourth-order valence-corrected chi connectivity index (χ4v) is 3.80. The fourth-order valence-electron chi connectivity index (χ4n) is 2.43. The van der Waals surface area contributed by atoms with Gasteiger partial charge in [-0.2, -0.15) is 0 Å². The molecule has 2 saturated heterocycles. The van der Waals surface area contributed by atoms with Crippen LogP contribution in [0.2, 0.25) is 5.02 Å². The van der Waals surface area contributed by atoms with E-state index in [-0.39, 0.29) is 11.8 Å². The maximum atomic E-state index is 12.3. The van der Waals surface area contributed by atoms with Crippen LogP contribution < -0.4 is 5.32 Å². The number of amidine groups is 1. The first-order chi connectivity index (χ1) is 9.59. The van der Waals surface area contributed by atoms with Gasteiger partial charge in [-0.05, 0) is 25.5 Å². The summed E-state index contributed by atoms with van der Waals surface area (Å²) in [5.41, 5.74) is 0.670. The van der Waals surface area contributed by atoms with Crippen LogP contribution in [0.4, 0.5) is 5.69 Å². The standard InChI is InChI=1S/C14H15ClN2O2S/c1-14(9-6-7-19-8-9)12(18)17-13(20-14)16-11-5-3-2-4-10(11)15/h2-5,9H,6-8H2,1H3,(H,16,17,18). The van der Waals surface area contributed by atoms with Crippen LogP contribution in [0.3, 0.4) is 0 Å². The fraction of sp³-hybridized carbons (Fsp3) is 0.429. The Balaban J connectivity index is 1.84. The topological polar surface area (TPSA) is 50.7 Å². The summed E-state index contributed by atoms with van der Waals surface area (Å²) in [6, 6.07) is 7.34. The number of hydrogen-bond donors (Lipinski definition) is 1. The number of carbonyl (C=O) groups is 1. The lowest BCUT2D eigenvalue weighted by molar-refractivity contribution is -0.122. The zero-order chi connectivity index (χ0) is 14.2. The average Bonchev–Trinajstić information content (AvgIpc) is 3.03. The first kappa shape index (κ1) is 13.9. The quantitative estimate of drug-likeness (QED) is 0.913. The van der Waals surface area contributed by atoms with Gasteiger partial charge in [0.05, 0.1) is 17.3 Å². The molecule has 2 unspecified atom stereocenters. The minimum atomic E-state index is -0.503. The number of para-hydroxylation sites is 1. The van der Waals surface area contributed by atoms with Crippen molar-refractivity contribution in [3.8, 4) is 0 Å². The zero-order valence-corrected chi connectivity index (χ0v) is 12.6. The Morgan fingerprint density at radius 1 is 1.50 bits per heavy atom. The predicted molar refractivity (Wildman–Crippen MR) is 81.6 cm³/mol. The highest BCUT2D eigenvalue weighted by atomic mass is 35.5. The van der Waals surface area contributed by atoms with E-state index >= 15 is 0 Å². The van der Waals surface area contributed by atoms with Crippen molar-refractivity contribution in [3.63, 3.8) is 0 Å². The van der Waals surface area contributed by atoms with E-state index in [0.717, 1.165) is 13.0 Å². The number of benzene rings is 1. The van der Waals surface area contributed by atoms with Crippen molar-refractivity contribution in [2.45, 2.75) is 18.1 Å². The Bertz CT molecular complexity index is 572. The normalized spacial score (nSPS) is 31.8. The highest BCUT2D eigenvalue weighted by Gasteiger charge is 2.49. The second-order valence-corrected chi connectivity index (χ2v) is 6.94. The summed E-state index contributed by atoms with van der Waals surface area (Å²) in [5, 5.41) is 4.04. The molecule has 2 atom stereocenters. The molecule has 1 aromatic carbocycles. The van der Waals surface area contributed by atoms with Gasteiger partial charge in [-0.25, -0.2) is 4.99 Å². The third-order valence-corrected chi connectivity index (χ3v) is 5.41. The van der Waals surface area contributed by atoms with Crippen LogP contribution in [0.1, 0.15) is 13.3 Å². The second kappa shape index (κ2) is 5.39. The summed E-state index contributed by atoms with van der Waals surface area (Å²) >= 11 is 7.56. The van der Waals surface area contributed by atoms with Gasteiger partial charge in [0.1, 0.15) is 4.75 Å². The smallest absolute Gasteiger partial charge is 0.242 e. The Kier molecular flexibility index (Phi) is 3.75. The van der Waals surface area contributed by atoms with Gasteiger partial charge in [-0.3, -0.25) is 4.79 Å². The predicted octanol–water partition coefficient (Wildman–Crippen LogP) is 2.99. The van der Waals surface area contributed by atoms with Gasteiger partial charge in [0, 0.05) is 12.5 Å². The molecule has 2 fully saturated rings. The molecule has 1 amide bonds. The number of rotatable bonds is 2. The molecule has 1 N–H and O–H groups in total. The van der Waals surface area contributed by atoms with Crippen molar-refractivity contribution < 1.29 is 9.53 Å². The van der Waals surface area contributed by atoms with Crippen LogP contribution in [0.25, 0.3) is 0 Å². The molecule has 2 aliphatic heterocycles. The van der Waals surface area contributed by atoms with E-state index in [1.54, 1.807) is 6.07 Å². The molecular formula is C14H15ClN2O2S. The van der Waals surface area contributed by atoms with Crippen molar-refractivity contribution in [2.75, 3.05) is 13.2 Å². The first-order valence-electron chi connectivity index (χ1n) is 6.51. The number of amides is 1. The first-order valence-corrected chi connectivity index (χ1v) is 7.70.